The summed E-state index contributed by atoms with van der Waals surface area (Å²) < 4.78 is 6.08. The van der Waals surface area contributed by atoms with Crippen molar-refractivity contribution < 1.29 is 4.42 Å². The maximum Gasteiger partial charge on any atom is 0.135 e. The van der Waals surface area contributed by atoms with Crippen molar-refractivity contribution in [2.45, 2.75) is 6.92 Å². The third-order valence-electron chi connectivity index (χ3n) is 8.42. The van der Waals surface area contributed by atoms with Gasteiger partial charge in [0, 0.05) is 21.9 Å². The zero-order valence-corrected chi connectivity index (χ0v) is 24.4. The van der Waals surface area contributed by atoms with E-state index in [9.17, 15) is 0 Å². The molecule has 0 amide bonds. The van der Waals surface area contributed by atoms with E-state index in [2.05, 4.69) is 140 Å². The number of fused-ring (bicyclic) bond motifs is 3. The molecule has 0 aliphatic heterocycles. The van der Waals surface area contributed by atoms with Gasteiger partial charge in [-0.05, 0) is 88.3 Å². The molecule has 0 N–H and O–H groups in total. The van der Waals surface area contributed by atoms with Crippen LogP contribution in [0, 0.1) is 6.92 Å². The number of furan rings is 1. The van der Waals surface area contributed by atoms with E-state index in [1.807, 2.05) is 24.3 Å². The van der Waals surface area contributed by atoms with Crippen molar-refractivity contribution >= 4 is 21.9 Å². The number of aromatic nitrogens is 1. The third-order valence-corrected chi connectivity index (χ3v) is 8.42. The standard InChI is InChI=1S/C42H29NO/c1-28-19-20-32(33-21-22-42-38(25-33)36-17-8-9-18-41(36)44-42)24-37(28)34-16-10-15-31(23-34)35-26-39(29-11-4-2-5-12-29)43-40(27-35)30-13-6-3-7-14-30/h2-27H,1H3. The van der Waals surface area contributed by atoms with Gasteiger partial charge < -0.3 is 4.42 Å². The van der Waals surface area contributed by atoms with Crippen molar-refractivity contribution in [2.24, 2.45) is 0 Å². The van der Waals surface area contributed by atoms with Gasteiger partial charge in [-0.1, -0.05) is 115 Å². The molecule has 0 aliphatic rings. The summed E-state index contributed by atoms with van der Waals surface area (Å²) in [5.74, 6) is 0. The van der Waals surface area contributed by atoms with Crippen LogP contribution in [0.1, 0.15) is 5.56 Å². The van der Waals surface area contributed by atoms with E-state index in [-0.39, 0.29) is 0 Å². The van der Waals surface area contributed by atoms with E-state index in [0.717, 1.165) is 55.6 Å². The average Bonchev–Trinajstić information content (AvgIpc) is 3.47. The first-order chi connectivity index (χ1) is 21.7. The highest BCUT2D eigenvalue weighted by molar-refractivity contribution is 6.06. The van der Waals surface area contributed by atoms with Crippen LogP contribution in [0.4, 0.5) is 0 Å². The topological polar surface area (TPSA) is 26.0 Å². The van der Waals surface area contributed by atoms with Gasteiger partial charge in [-0.15, -0.1) is 0 Å². The summed E-state index contributed by atoms with van der Waals surface area (Å²) in [6.07, 6.45) is 0. The molecule has 0 bridgehead atoms. The van der Waals surface area contributed by atoms with Gasteiger partial charge in [0.1, 0.15) is 11.2 Å². The highest BCUT2D eigenvalue weighted by Crippen LogP contribution is 2.36. The number of aryl methyl sites for hydroxylation is 1. The Hall–Kier alpha value is -5.73. The second-order valence-electron chi connectivity index (χ2n) is 11.3. The van der Waals surface area contributed by atoms with Crippen LogP contribution in [0.2, 0.25) is 0 Å². The van der Waals surface area contributed by atoms with Crippen LogP contribution in [0.3, 0.4) is 0 Å². The smallest absolute Gasteiger partial charge is 0.135 e. The molecule has 0 radical (unpaired) electrons. The van der Waals surface area contributed by atoms with Gasteiger partial charge in [-0.3, -0.25) is 0 Å². The van der Waals surface area contributed by atoms with Gasteiger partial charge >= 0.3 is 0 Å². The van der Waals surface area contributed by atoms with Gasteiger partial charge in [0.2, 0.25) is 0 Å². The minimum absolute atomic E-state index is 0.914. The molecule has 0 unspecified atom stereocenters. The first-order valence-electron chi connectivity index (χ1n) is 15.0. The lowest BCUT2D eigenvalue weighted by molar-refractivity contribution is 0.669. The highest BCUT2D eigenvalue weighted by atomic mass is 16.3. The number of benzene rings is 6. The van der Waals surface area contributed by atoms with Gasteiger partial charge in [0.15, 0.2) is 0 Å². The van der Waals surface area contributed by atoms with Gasteiger partial charge in [-0.2, -0.15) is 0 Å². The summed E-state index contributed by atoms with van der Waals surface area (Å²) in [5, 5.41) is 2.29. The summed E-state index contributed by atoms with van der Waals surface area (Å²) in [6, 6.07) is 55.6. The van der Waals surface area contributed by atoms with Crippen LogP contribution >= 0.6 is 0 Å². The van der Waals surface area contributed by atoms with Crippen molar-refractivity contribution in [3.8, 4) is 55.9 Å². The second kappa shape index (κ2) is 10.8. The van der Waals surface area contributed by atoms with Crippen LogP contribution < -0.4 is 0 Å². The molecule has 0 spiro atoms. The quantitative estimate of drug-likeness (QED) is 0.208. The lowest BCUT2D eigenvalue weighted by Gasteiger charge is -2.13. The molecule has 2 heterocycles. The fraction of sp³-hybridized carbons (Fsp3) is 0.0238. The third kappa shape index (κ3) is 4.77. The minimum Gasteiger partial charge on any atom is -0.456 e. The Labute approximate surface area is 256 Å². The molecule has 0 fully saturated rings. The van der Waals surface area contributed by atoms with Crippen molar-refractivity contribution in [1.82, 2.24) is 4.98 Å². The van der Waals surface area contributed by atoms with Gasteiger partial charge in [0.25, 0.3) is 0 Å². The molecule has 0 saturated heterocycles. The molecule has 44 heavy (non-hydrogen) atoms. The number of rotatable bonds is 5. The number of nitrogens with zero attached hydrogens (tertiary/aromatic N) is 1. The van der Waals surface area contributed by atoms with Gasteiger partial charge in [0.05, 0.1) is 11.4 Å². The number of para-hydroxylation sites is 1. The van der Waals surface area contributed by atoms with E-state index in [0.29, 0.717) is 0 Å². The van der Waals surface area contributed by atoms with Crippen LogP contribution in [0.15, 0.2) is 162 Å². The van der Waals surface area contributed by atoms with E-state index >= 15 is 0 Å². The molecule has 2 aromatic heterocycles. The predicted molar refractivity (Wildman–Crippen MR) is 183 cm³/mol. The maximum atomic E-state index is 6.08. The average molecular weight is 564 g/mol. The molecule has 0 atom stereocenters. The van der Waals surface area contributed by atoms with E-state index in [4.69, 9.17) is 9.40 Å². The van der Waals surface area contributed by atoms with Crippen LogP contribution in [0.25, 0.3) is 77.8 Å². The fourth-order valence-corrected chi connectivity index (χ4v) is 6.10. The molecular weight excluding hydrogens is 534 g/mol. The molecule has 6 aromatic carbocycles. The first-order valence-corrected chi connectivity index (χ1v) is 15.0. The minimum atomic E-state index is 0.914. The molecule has 0 aliphatic carbocycles. The van der Waals surface area contributed by atoms with Crippen LogP contribution in [0.5, 0.6) is 0 Å². The molecule has 8 aromatic rings. The number of hydrogen-bond donors (Lipinski definition) is 0. The van der Waals surface area contributed by atoms with E-state index < -0.39 is 0 Å². The summed E-state index contributed by atoms with van der Waals surface area (Å²) in [4.78, 5) is 5.07. The Balaban J connectivity index is 1.22. The maximum absolute atomic E-state index is 6.08. The van der Waals surface area contributed by atoms with Crippen LogP contribution in [-0.4, -0.2) is 4.98 Å². The second-order valence-corrected chi connectivity index (χ2v) is 11.3. The Morgan fingerprint density at radius 3 is 1.70 bits per heavy atom. The van der Waals surface area contributed by atoms with E-state index in [1.54, 1.807) is 0 Å². The summed E-state index contributed by atoms with van der Waals surface area (Å²) >= 11 is 0. The first kappa shape index (κ1) is 25.9. The summed E-state index contributed by atoms with van der Waals surface area (Å²) in [5.41, 5.74) is 14.3. The summed E-state index contributed by atoms with van der Waals surface area (Å²) in [7, 11) is 0. The number of hydrogen-bond acceptors (Lipinski definition) is 2. The SMILES string of the molecule is Cc1ccc(-c2ccc3oc4ccccc4c3c2)cc1-c1cccc(-c2cc(-c3ccccc3)nc(-c3ccccc3)c2)c1. The molecule has 208 valence electrons. The van der Waals surface area contributed by atoms with E-state index in [1.165, 1.54) is 27.8 Å². The molecule has 2 heteroatoms. The zero-order valence-electron chi connectivity index (χ0n) is 24.4. The lowest BCUT2D eigenvalue weighted by atomic mass is 9.92. The van der Waals surface area contributed by atoms with Crippen molar-refractivity contribution in [3.05, 3.63) is 163 Å². The Morgan fingerprint density at radius 1 is 0.386 bits per heavy atom. The molecular formula is C42H29NO. The van der Waals surface area contributed by atoms with Crippen molar-refractivity contribution in [1.29, 1.82) is 0 Å². The molecule has 8 rings (SSSR count). The Morgan fingerprint density at radius 2 is 0.955 bits per heavy atom. The highest BCUT2D eigenvalue weighted by Gasteiger charge is 2.13. The summed E-state index contributed by atoms with van der Waals surface area (Å²) in [6.45, 7) is 2.19. The fourth-order valence-electron chi connectivity index (χ4n) is 6.10. The number of pyridine rings is 1. The Kier molecular flexibility index (Phi) is 6.39. The molecule has 2 nitrogen and oxygen atoms in total. The van der Waals surface area contributed by atoms with Crippen molar-refractivity contribution in [3.63, 3.8) is 0 Å². The largest absolute Gasteiger partial charge is 0.456 e. The zero-order chi connectivity index (χ0) is 29.5. The Bertz CT molecular complexity index is 2220. The van der Waals surface area contributed by atoms with Crippen molar-refractivity contribution in [2.75, 3.05) is 0 Å². The molecule has 0 saturated carbocycles. The lowest BCUT2D eigenvalue weighted by Crippen LogP contribution is -1.92. The predicted octanol–water partition coefficient (Wildman–Crippen LogP) is 11.6. The monoisotopic (exact) mass is 563 g/mol. The van der Waals surface area contributed by atoms with Crippen LogP contribution in [-0.2, 0) is 0 Å². The van der Waals surface area contributed by atoms with Gasteiger partial charge in [-0.25, -0.2) is 4.98 Å². The normalized spacial score (nSPS) is 11.3.